The zero-order valence-electron chi connectivity index (χ0n) is 38.1. The van der Waals surface area contributed by atoms with Crippen LogP contribution < -0.4 is 0 Å². The first-order valence-electron chi connectivity index (χ1n) is 24.9. The van der Waals surface area contributed by atoms with E-state index >= 15 is 0 Å². The van der Waals surface area contributed by atoms with Gasteiger partial charge in [0.25, 0.3) is 0 Å². The zero-order chi connectivity index (χ0) is 41.0. The molecule has 1 atom stereocenters. The smallest absolute Gasteiger partial charge is 0.306 e. The Labute approximate surface area is 348 Å². The van der Waals surface area contributed by atoms with Crippen LogP contribution in [0.15, 0.2) is 0 Å². The quantitative estimate of drug-likeness (QED) is 0.0347. The van der Waals surface area contributed by atoms with Gasteiger partial charge in [-0.3, -0.25) is 14.4 Å². The maximum absolute atomic E-state index is 12.7. The van der Waals surface area contributed by atoms with Crippen molar-refractivity contribution in [2.75, 3.05) is 13.2 Å². The molecule has 0 radical (unpaired) electrons. The van der Waals surface area contributed by atoms with E-state index in [2.05, 4.69) is 27.7 Å². The Morgan fingerprint density at radius 2 is 0.589 bits per heavy atom. The Kier molecular flexibility index (Phi) is 43.2. The number of hydrogen-bond donors (Lipinski definition) is 0. The van der Waals surface area contributed by atoms with Gasteiger partial charge in [-0.25, -0.2) is 0 Å². The van der Waals surface area contributed by atoms with E-state index in [0.717, 1.165) is 70.1 Å². The molecule has 0 unspecified atom stereocenters. The summed E-state index contributed by atoms with van der Waals surface area (Å²) in [4.78, 5) is 37.6. The molecule has 0 aromatic rings. The third-order valence-electron chi connectivity index (χ3n) is 11.3. The fourth-order valence-corrected chi connectivity index (χ4v) is 7.51. The molecule has 0 bridgehead atoms. The molecule has 0 spiro atoms. The van der Waals surface area contributed by atoms with Gasteiger partial charge in [0, 0.05) is 19.3 Å². The molecule has 0 aliphatic heterocycles. The van der Waals surface area contributed by atoms with Crippen molar-refractivity contribution in [3.8, 4) is 0 Å². The summed E-state index contributed by atoms with van der Waals surface area (Å²) in [5.74, 6) is -0.0179. The van der Waals surface area contributed by atoms with Crippen LogP contribution in [0.5, 0.6) is 0 Å². The van der Waals surface area contributed by atoms with E-state index in [4.69, 9.17) is 14.2 Å². The molecule has 0 aliphatic carbocycles. The molecular weight excluding hydrogens is 697 g/mol. The Balaban J connectivity index is 4.12. The fraction of sp³-hybridized carbons (Fsp3) is 0.940. The third-order valence-corrected chi connectivity index (χ3v) is 11.3. The Bertz CT molecular complexity index is 841. The van der Waals surface area contributed by atoms with Gasteiger partial charge >= 0.3 is 17.9 Å². The van der Waals surface area contributed by atoms with Crippen LogP contribution in [0, 0.1) is 5.92 Å². The standard InChI is InChI=1S/C50H96O6/c1-5-7-9-11-12-13-14-15-16-17-21-24-27-30-34-38-42-49(52)55-45-47(44-54-48(51)41-37-32-10-8-6-2)56-50(53)43-39-35-31-28-25-22-19-18-20-23-26-29-33-36-40-46(3)4/h46-47H,5-45H2,1-4H3/t47-/m0/s1. The molecule has 0 aromatic heterocycles. The summed E-state index contributed by atoms with van der Waals surface area (Å²) in [5.41, 5.74) is 0. The van der Waals surface area contributed by atoms with Crippen molar-refractivity contribution in [3.05, 3.63) is 0 Å². The molecule has 332 valence electrons. The summed E-state index contributed by atoms with van der Waals surface area (Å²) in [6.45, 7) is 8.95. The number of carbonyl (C=O) groups is 3. The summed E-state index contributed by atoms with van der Waals surface area (Å²) in [6.07, 6.45) is 45.5. The molecule has 0 heterocycles. The van der Waals surface area contributed by atoms with Crippen LogP contribution in [0.4, 0.5) is 0 Å². The SMILES string of the molecule is CCCCCCCCCCCCCCCCCCC(=O)OC[C@H](COC(=O)CCCCCCC)OC(=O)CCCCCCCCCCCCCCCCC(C)C. The number of carbonyl (C=O) groups excluding carboxylic acids is 3. The van der Waals surface area contributed by atoms with Crippen molar-refractivity contribution in [1.82, 2.24) is 0 Å². The molecule has 0 fully saturated rings. The van der Waals surface area contributed by atoms with Crippen LogP contribution in [0.3, 0.4) is 0 Å². The molecular formula is C50H96O6. The molecule has 0 aromatic carbocycles. The van der Waals surface area contributed by atoms with Gasteiger partial charge in [0.2, 0.25) is 0 Å². The molecule has 6 nitrogen and oxygen atoms in total. The van der Waals surface area contributed by atoms with Gasteiger partial charge in [-0.1, -0.05) is 240 Å². The highest BCUT2D eigenvalue weighted by molar-refractivity contribution is 5.71. The number of hydrogen-bond acceptors (Lipinski definition) is 6. The summed E-state index contributed by atoms with van der Waals surface area (Å²) in [7, 11) is 0. The predicted molar refractivity (Wildman–Crippen MR) is 238 cm³/mol. The van der Waals surface area contributed by atoms with E-state index in [-0.39, 0.29) is 31.1 Å². The minimum atomic E-state index is -0.758. The average Bonchev–Trinajstić information content (AvgIpc) is 3.18. The lowest BCUT2D eigenvalue weighted by Gasteiger charge is -2.18. The van der Waals surface area contributed by atoms with Crippen LogP contribution in [-0.2, 0) is 28.6 Å². The van der Waals surface area contributed by atoms with E-state index in [1.165, 1.54) is 167 Å². The monoisotopic (exact) mass is 793 g/mol. The largest absolute Gasteiger partial charge is 0.462 e. The summed E-state index contributed by atoms with van der Waals surface area (Å²) in [6, 6.07) is 0. The normalized spacial score (nSPS) is 11.9. The van der Waals surface area contributed by atoms with Gasteiger partial charge < -0.3 is 14.2 Å². The first-order chi connectivity index (χ1) is 27.4. The first kappa shape index (κ1) is 54.4. The molecule has 6 heteroatoms. The van der Waals surface area contributed by atoms with Crippen molar-refractivity contribution in [3.63, 3.8) is 0 Å². The molecule has 0 saturated carbocycles. The first-order valence-corrected chi connectivity index (χ1v) is 24.9. The highest BCUT2D eigenvalue weighted by atomic mass is 16.6. The van der Waals surface area contributed by atoms with E-state index < -0.39 is 6.10 Å². The Hall–Kier alpha value is -1.59. The van der Waals surface area contributed by atoms with Crippen LogP contribution in [0.25, 0.3) is 0 Å². The van der Waals surface area contributed by atoms with E-state index in [0.29, 0.717) is 19.3 Å². The summed E-state index contributed by atoms with van der Waals surface area (Å²) in [5, 5.41) is 0. The van der Waals surface area contributed by atoms with Gasteiger partial charge in [0.05, 0.1) is 0 Å². The van der Waals surface area contributed by atoms with Crippen molar-refractivity contribution in [2.24, 2.45) is 5.92 Å². The van der Waals surface area contributed by atoms with Crippen molar-refractivity contribution in [1.29, 1.82) is 0 Å². The molecule has 56 heavy (non-hydrogen) atoms. The van der Waals surface area contributed by atoms with E-state index in [9.17, 15) is 14.4 Å². The maximum atomic E-state index is 12.7. The van der Waals surface area contributed by atoms with Crippen molar-refractivity contribution in [2.45, 2.75) is 284 Å². The van der Waals surface area contributed by atoms with Gasteiger partial charge in [-0.15, -0.1) is 0 Å². The highest BCUT2D eigenvalue weighted by Gasteiger charge is 2.19. The second-order valence-corrected chi connectivity index (χ2v) is 17.6. The third kappa shape index (κ3) is 43.5. The van der Waals surface area contributed by atoms with Gasteiger partial charge in [-0.05, 0) is 25.2 Å². The van der Waals surface area contributed by atoms with Gasteiger partial charge in [0.1, 0.15) is 13.2 Å². The highest BCUT2D eigenvalue weighted by Crippen LogP contribution is 2.17. The van der Waals surface area contributed by atoms with Crippen LogP contribution in [0.2, 0.25) is 0 Å². The lowest BCUT2D eigenvalue weighted by atomic mass is 10.0. The minimum absolute atomic E-state index is 0.0640. The predicted octanol–water partition coefficient (Wildman–Crippen LogP) is 15.9. The number of rotatable bonds is 45. The van der Waals surface area contributed by atoms with E-state index in [1.807, 2.05) is 0 Å². The molecule has 0 amide bonds. The number of ether oxygens (including phenoxy) is 3. The zero-order valence-corrected chi connectivity index (χ0v) is 38.1. The average molecular weight is 793 g/mol. The lowest BCUT2D eigenvalue weighted by Crippen LogP contribution is -2.30. The van der Waals surface area contributed by atoms with Gasteiger partial charge in [-0.2, -0.15) is 0 Å². The topological polar surface area (TPSA) is 78.9 Å². The fourth-order valence-electron chi connectivity index (χ4n) is 7.51. The second-order valence-electron chi connectivity index (χ2n) is 17.6. The number of esters is 3. The lowest BCUT2D eigenvalue weighted by molar-refractivity contribution is -0.167. The second kappa shape index (κ2) is 44.5. The maximum Gasteiger partial charge on any atom is 0.306 e. The van der Waals surface area contributed by atoms with E-state index in [1.54, 1.807) is 0 Å². The van der Waals surface area contributed by atoms with Gasteiger partial charge in [0.15, 0.2) is 6.10 Å². The summed E-state index contributed by atoms with van der Waals surface area (Å²) < 4.78 is 16.7. The minimum Gasteiger partial charge on any atom is -0.462 e. The van der Waals surface area contributed by atoms with Crippen LogP contribution in [0.1, 0.15) is 278 Å². The van der Waals surface area contributed by atoms with Crippen molar-refractivity contribution < 1.29 is 28.6 Å². The Morgan fingerprint density at radius 1 is 0.339 bits per heavy atom. The van der Waals surface area contributed by atoms with Crippen LogP contribution in [-0.4, -0.2) is 37.2 Å². The summed E-state index contributed by atoms with van der Waals surface area (Å²) >= 11 is 0. The molecule has 0 saturated heterocycles. The number of unbranched alkanes of at least 4 members (excludes halogenated alkanes) is 32. The molecule has 0 N–H and O–H groups in total. The van der Waals surface area contributed by atoms with Crippen molar-refractivity contribution >= 4 is 17.9 Å². The molecule has 0 rings (SSSR count). The molecule has 0 aliphatic rings. The van der Waals surface area contributed by atoms with Crippen LogP contribution >= 0.6 is 0 Å². The Morgan fingerprint density at radius 3 is 0.875 bits per heavy atom.